The van der Waals surface area contributed by atoms with Gasteiger partial charge in [0.1, 0.15) is 11.6 Å². The average Bonchev–Trinajstić information content (AvgIpc) is 2.34. The summed E-state index contributed by atoms with van der Waals surface area (Å²) >= 11 is 0. The maximum Gasteiger partial charge on any atom is 0.238 e. The first-order chi connectivity index (χ1) is 9.66. The molecule has 8 heteroatoms. The van der Waals surface area contributed by atoms with Crippen molar-refractivity contribution in [2.45, 2.75) is 11.8 Å². The molecule has 0 amide bonds. The molecule has 0 aromatic heterocycles. The van der Waals surface area contributed by atoms with Gasteiger partial charge >= 0.3 is 0 Å². The molecule has 2 aromatic carbocycles. The Hall–Kier alpha value is -2.19. The van der Waals surface area contributed by atoms with Crippen LogP contribution in [0.1, 0.15) is 5.56 Å². The number of nitrogen functional groups attached to an aromatic ring is 1. The van der Waals surface area contributed by atoms with E-state index in [4.69, 9.17) is 10.9 Å². The SMILES string of the molecule is Cc1cc(F)c(Nc2cc(N)cc(S(N)(=O)=O)c2)cc1F. The van der Waals surface area contributed by atoms with Crippen molar-refractivity contribution < 1.29 is 17.2 Å². The number of sulfonamides is 1. The van der Waals surface area contributed by atoms with Gasteiger partial charge in [0.25, 0.3) is 0 Å². The number of primary sulfonamides is 1. The molecule has 0 aliphatic carbocycles. The topological polar surface area (TPSA) is 98.2 Å². The Labute approximate surface area is 120 Å². The number of aryl methyl sites for hydroxylation is 1. The Bertz CT molecular complexity index is 807. The monoisotopic (exact) mass is 313 g/mol. The molecule has 0 saturated carbocycles. The van der Waals surface area contributed by atoms with Crippen LogP contribution >= 0.6 is 0 Å². The Morgan fingerprint density at radius 1 is 1.05 bits per heavy atom. The molecule has 0 aliphatic rings. The number of anilines is 3. The molecule has 0 saturated heterocycles. The predicted molar refractivity (Wildman–Crippen MR) is 76.6 cm³/mol. The van der Waals surface area contributed by atoms with E-state index in [2.05, 4.69) is 5.32 Å². The second-order valence-electron chi connectivity index (χ2n) is 4.54. The molecule has 0 aliphatic heterocycles. The van der Waals surface area contributed by atoms with Gasteiger partial charge in [-0.15, -0.1) is 0 Å². The van der Waals surface area contributed by atoms with Crippen molar-refractivity contribution in [2.75, 3.05) is 11.1 Å². The van der Waals surface area contributed by atoms with Crippen LogP contribution in [0.4, 0.5) is 25.8 Å². The average molecular weight is 313 g/mol. The molecule has 5 N–H and O–H groups in total. The molecule has 0 atom stereocenters. The molecule has 0 heterocycles. The fraction of sp³-hybridized carbons (Fsp3) is 0.0769. The number of benzene rings is 2. The molecule has 0 unspecified atom stereocenters. The highest BCUT2D eigenvalue weighted by Crippen LogP contribution is 2.26. The van der Waals surface area contributed by atoms with Gasteiger partial charge in [-0.2, -0.15) is 0 Å². The highest BCUT2D eigenvalue weighted by atomic mass is 32.2. The molecule has 0 radical (unpaired) electrons. The van der Waals surface area contributed by atoms with Crippen LogP contribution < -0.4 is 16.2 Å². The van der Waals surface area contributed by atoms with Crippen molar-refractivity contribution in [1.82, 2.24) is 0 Å². The van der Waals surface area contributed by atoms with Crippen molar-refractivity contribution >= 4 is 27.1 Å². The van der Waals surface area contributed by atoms with E-state index in [-0.39, 0.29) is 27.5 Å². The van der Waals surface area contributed by atoms with E-state index in [1.54, 1.807) is 0 Å². The summed E-state index contributed by atoms with van der Waals surface area (Å²) in [5, 5.41) is 7.60. The first-order valence-electron chi connectivity index (χ1n) is 5.83. The normalized spacial score (nSPS) is 11.4. The van der Waals surface area contributed by atoms with Gasteiger partial charge in [0, 0.05) is 17.4 Å². The zero-order valence-corrected chi connectivity index (χ0v) is 11.8. The van der Waals surface area contributed by atoms with Gasteiger partial charge in [-0.1, -0.05) is 0 Å². The summed E-state index contributed by atoms with van der Waals surface area (Å²) < 4.78 is 49.8. The molecule has 0 fully saturated rings. The van der Waals surface area contributed by atoms with E-state index >= 15 is 0 Å². The predicted octanol–water partition coefficient (Wildman–Crippen LogP) is 2.25. The number of nitrogens with two attached hydrogens (primary N) is 2. The Morgan fingerprint density at radius 2 is 1.71 bits per heavy atom. The minimum Gasteiger partial charge on any atom is -0.399 e. The third kappa shape index (κ3) is 3.47. The minimum atomic E-state index is -3.95. The lowest BCUT2D eigenvalue weighted by Crippen LogP contribution is -2.13. The smallest absolute Gasteiger partial charge is 0.238 e. The highest BCUT2D eigenvalue weighted by Gasteiger charge is 2.12. The van der Waals surface area contributed by atoms with E-state index in [9.17, 15) is 17.2 Å². The Kier molecular flexibility index (Phi) is 3.84. The van der Waals surface area contributed by atoms with Crippen molar-refractivity contribution in [2.24, 2.45) is 5.14 Å². The van der Waals surface area contributed by atoms with Crippen LogP contribution in [0.15, 0.2) is 35.2 Å². The fourth-order valence-corrected chi connectivity index (χ4v) is 2.35. The number of rotatable bonds is 3. The lowest BCUT2D eigenvalue weighted by Gasteiger charge is -2.11. The first kappa shape index (κ1) is 15.2. The van der Waals surface area contributed by atoms with Gasteiger partial charge in [-0.05, 0) is 36.8 Å². The quantitative estimate of drug-likeness (QED) is 0.757. The summed E-state index contributed by atoms with van der Waals surface area (Å²) in [7, 11) is -3.95. The molecule has 21 heavy (non-hydrogen) atoms. The van der Waals surface area contributed by atoms with Gasteiger partial charge in [0.15, 0.2) is 0 Å². The highest BCUT2D eigenvalue weighted by molar-refractivity contribution is 7.89. The van der Waals surface area contributed by atoms with Crippen LogP contribution in [0.25, 0.3) is 0 Å². The van der Waals surface area contributed by atoms with Crippen LogP contribution in [0.3, 0.4) is 0 Å². The lowest BCUT2D eigenvalue weighted by atomic mass is 10.2. The second kappa shape index (κ2) is 5.30. The molecule has 2 rings (SSSR count). The Morgan fingerprint density at radius 3 is 2.33 bits per heavy atom. The first-order valence-corrected chi connectivity index (χ1v) is 7.37. The summed E-state index contributed by atoms with van der Waals surface area (Å²) in [6, 6.07) is 5.75. The molecule has 2 aromatic rings. The van der Waals surface area contributed by atoms with Crippen molar-refractivity contribution in [3.05, 3.63) is 47.5 Å². The lowest BCUT2D eigenvalue weighted by molar-refractivity contribution is 0.595. The van der Waals surface area contributed by atoms with Crippen LogP contribution in [0.2, 0.25) is 0 Å². The van der Waals surface area contributed by atoms with Gasteiger partial charge in [0.05, 0.1) is 10.6 Å². The largest absolute Gasteiger partial charge is 0.399 e. The summed E-state index contributed by atoms with van der Waals surface area (Å²) in [4.78, 5) is -0.224. The maximum atomic E-state index is 13.7. The summed E-state index contributed by atoms with van der Waals surface area (Å²) in [5.74, 6) is -1.26. The Balaban J connectivity index is 2.45. The van der Waals surface area contributed by atoms with Crippen LogP contribution in [0.5, 0.6) is 0 Å². The summed E-state index contributed by atoms with van der Waals surface area (Å²) in [5.41, 5.74) is 5.91. The van der Waals surface area contributed by atoms with E-state index in [0.29, 0.717) is 0 Å². The molecule has 0 spiro atoms. The summed E-state index contributed by atoms with van der Waals surface area (Å²) in [6.07, 6.45) is 0. The second-order valence-corrected chi connectivity index (χ2v) is 6.10. The van der Waals surface area contributed by atoms with Crippen LogP contribution in [-0.2, 0) is 10.0 Å². The molecule has 0 bridgehead atoms. The number of halogens is 2. The fourth-order valence-electron chi connectivity index (χ4n) is 1.76. The third-order valence-electron chi connectivity index (χ3n) is 2.78. The van der Waals surface area contributed by atoms with Gasteiger partial charge in [-0.3, -0.25) is 0 Å². The standard InChI is InChI=1S/C13H13F2N3O2S/c1-7-2-12(15)13(6-11(7)14)18-9-3-8(16)4-10(5-9)21(17,19)20/h2-6,18H,16H2,1H3,(H2,17,19,20). The zero-order chi connectivity index (χ0) is 15.8. The molecular weight excluding hydrogens is 300 g/mol. The summed E-state index contributed by atoms with van der Waals surface area (Å²) in [6.45, 7) is 1.43. The maximum absolute atomic E-state index is 13.7. The third-order valence-corrected chi connectivity index (χ3v) is 3.68. The minimum absolute atomic E-state index is 0.122. The van der Waals surface area contributed by atoms with E-state index in [1.807, 2.05) is 0 Å². The van der Waals surface area contributed by atoms with Crippen molar-refractivity contribution in [3.63, 3.8) is 0 Å². The van der Waals surface area contributed by atoms with Crippen molar-refractivity contribution in [3.8, 4) is 0 Å². The van der Waals surface area contributed by atoms with Gasteiger partial charge in [0.2, 0.25) is 10.0 Å². The zero-order valence-electron chi connectivity index (χ0n) is 11.0. The van der Waals surface area contributed by atoms with Crippen molar-refractivity contribution in [1.29, 1.82) is 0 Å². The van der Waals surface area contributed by atoms with E-state index < -0.39 is 21.7 Å². The van der Waals surface area contributed by atoms with Gasteiger partial charge < -0.3 is 11.1 Å². The van der Waals surface area contributed by atoms with Crippen LogP contribution in [0, 0.1) is 18.6 Å². The van der Waals surface area contributed by atoms with Gasteiger partial charge in [-0.25, -0.2) is 22.3 Å². The van der Waals surface area contributed by atoms with Crippen LogP contribution in [-0.4, -0.2) is 8.42 Å². The molecule has 5 nitrogen and oxygen atoms in total. The number of hydrogen-bond donors (Lipinski definition) is 3. The molecular formula is C13H13F2N3O2S. The van der Waals surface area contributed by atoms with E-state index in [0.717, 1.165) is 12.1 Å². The molecule has 112 valence electrons. The number of hydrogen-bond acceptors (Lipinski definition) is 4. The number of nitrogens with one attached hydrogen (secondary N) is 1. The van der Waals surface area contributed by atoms with E-state index in [1.165, 1.54) is 25.1 Å².